The van der Waals surface area contributed by atoms with Crippen LogP contribution in [0.3, 0.4) is 0 Å². The van der Waals surface area contributed by atoms with E-state index in [0.717, 1.165) is 5.92 Å². The van der Waals surface area contributed by atoms with E-state index in [1.54, 1.807) is 0 Å². The molecule has 0 aromatic heterocycles. The first kappa shape index (κ1) is 10.0. The Balaban J connectivity index is 3.71. The van der Waals surface area contributed by atoms with Crippen molar-refractivity contribution in [2.75, 3.05) is 0 Å². The van der Waals surface area contributed by atoms with E-state index in [0.29, 0.717) is 5.92 Å². The highest BCUT2D eigenvalue weighted by molar-refractivity contribution is 7.99. The number of nitrogens with two attached hydrogens (primary N) is 1. The van der Waals surface area contributed by atoms with Crippen LogP contribution < -0.4 is 5.14 Å². The fourth-order valence-electron chi connectivity index (χ4n) is 0.976. The van der Waals surface area contributed by atoms with Gasteiger partial charge in [0.1, 0.15) is 0 Å². The normalized spacial score (nSPS) is 14.9. The van der Waals surface area contributed by atoms with Crippen LogP contribution in [0.25, 0.3) is 0 Å². The Morgan fingerprint density at radius 2 is 2.10 bits per heavy atom. The predicted molar refractivity (Wildman–Crippen MR) is 49.5 cm³/mol. The molecule has 2 N–H and O–H groups in total. The molecule has 0 aliphatic heterocycles. The van der Waals surface area contributed by atoms with Crippen molar-refractivity contribution in [3.05, 3.63) is 11.5 Å². The quantitative estimate of drug-likeness (QED) is 0.638. The van der Waals surface area contributed by atoms with E-state index in [9.17, 15) is 0 Å². The van der Waals surface area contributed by atoms with Gasteiger partial charge in [-0.05, 0) is 23.7 Å². The average molecular weight is 159 g/mol. The van der Waals surface area contributed by atoms with Gasteiger partial charge in [-0.2, -0.15) is 0 Å². The van der Waals surface area contributed by atoms with E-state index in [1.165, 1.54) is 18.4 Å². The van der Waals surface area contributed by atoms with Crippen molar-refractivity contribution in [1.29, 1.82) is 0 Å². The maximum absolute atomic E-state index is 5.26. The third-order valence-electron chi connectivity index (χ3n) is 1.73. The number of allylic oxidation sites excluding steroid dienone is 1. The lowest BCUT2D eigenvalue weighted by Gasteiger charge is -2.13. The highest BCUT2D eigenvalue weighted by Gasteiger charge is 2.05. The van der Waals surface area contributed by atoms with E-state index in [4.69, 9.17) is 5.14 Å². The van der Waals surface area contributed by atoms with Crippen LogP contribution in [0.4, 0.5) is 0 Å². The molecule has 2 heteroatoms. The van der Waals surface area contributed by atoms with Crippen LogP contribution in [0, 0.1) is 11.8 Å². The van der Waals surface area contributed by atoms with E-state index >= 15 is 0 Å². The van der Waals surface area contributed by atoms with Gasteiger partial charge >= 0.3 is 0 Å². The minimum atomic E-state index is 0.691. The summed E-state index contributed by atoms with van der Waals surface area (Å²) in [4.78, 5) is 0. The molecule has 0 heterocycles. The Labute approximate surface area is 68.2 Å². The first-order chi connectivity index (χ1) is 4.72. The van der Waals surface area contributed by atoms with Crippen LogP contribution in [-0.2, 0) is 0 Å². The smallest absolute Gasteiger partial charge is 0.0175 e. The summed E-state index contributed by atoms with van der Waals surface area (Å²) >= 11 is 1.28. The molecule has 0 saturated heterocycles. The van der Waals surface area contributed by atoms with E-state index < -0.39 is 0 Å². The minimum absolute atomic E-state index is 0.691. The van der Waals surface area contributed by atoms with Crippen molar-refractivity contribution in [3.63, 3.8) is 0 Å². The lowest BCUT2D eigenvalue weighted by molar-refractivity contribution is 0.453. The molecule has 0 aliphatic carbocycles. The second-order valence-corrected chi connectivity index (χ2v) is 3.33. The molecule has 10 heavy (non-hydrogen) atoms. The molecule has 0 amide bonds. The van der Waals surface area contributed by atoms with Gasteiger partial charge in [-0.3, -0.25) is 5.14 Å². The zero-order valence-electron chi connectivity index (χ0n) is 7.00. The van der Waals surface area contributed by atoms with E-state index in [2.05, 4.69) is 26.8 Å². The molecule has 0 saturated carbocycles. The summed E-state index contributed by atoms with van der Waals surface area (Å²) in [6, 6.07) is 0. The van der Waals surface area contributed by atoms with Crippen molar-refractivity contribution >= 4 is 11.9 Å². The number of rotatable bonds is 4. The van der Waals surface area contributed by atoms with Gasteiger partial charge in [-0.25, -0.2) is 0 Å². The van der Waals surface area contributed by atoms with Gasteiger partial charge in [0.25, 0.3) is 0 Å². The highest BCUT2D eigenvalue weighted by atomic mass is 32.2. The standard InChI is InChI=1S/C8H17NS/c1-4-8(7(2)3)5-6-10-9/h5-8H,4,9H2,1-3H3/b6-5-. The molecule has 0 spiro atoms. The van der Waals surface area contributed by atoms with Gasteiger partial charge in [-0.15, -0.1) is 0 Å². The third kappa shape index (κ3) is 3.96. The third-order valence-corrected chi connectivity index (χ3v) is 2.05. The Hall–Kier alpha value is 0.0500. The van der Waals surface area contributed by atoms with E-state index in [1.807, 2.05) is 5.41 Å². The molecule has 0 bridgehead atoms. The molecule has 60 valence electrons. The Bertz CT molecular complexity index is 99.4. The van der Waals surface area contributed by atoms with Gasteiger partial charge < -0.3 is 0 Å². The monoisotopic (exact) mass is 159 g/mol. The molecule has 1 nitrogen and oxygen atoms in total. The molecule has 0 aromatic rings. The molecule has 0 rings (SSSR count). The molecule has 0 fully saturated rings. The Morgan fingerprint density at radius 3 is 2.40 bits per heavy atom. The lowest BCUT2D eigenvalue weighted by atomic mass is 9.94. The second kappa shape index (κ2) is 5.81. The van der Waals surface area contributed by atoms with Crippen molar-refractivity contribution in [3.8, 4) is 0 Å². The molecule has 1 atom stereocenters. The van der Waals surface area contributed by atoms with Gasteiger partial charge in [0.2, 0.25) is 0 Å². The summed E-state index contributed by atoms with van der Waals surface area (Å²) in [6.45, 7) is 6.68. The predicted octanol–water partition coefficient (Wildman–Crippen LogP) is 2.79. The van der Waals surface area contributed by atoms with Crippen molar-refractivity contribution in [2.24, 2.45) is 17.0 Å². The summed E-state index contributed by atoms with van der Waals surface area (Å²) in [5.41, 5.74) is 0. The summed E-state index contributed by atoms with van der Waals surface area (Å²) in [7, 11) is 0. The fraction of sp³-hybridized carbons (Fsp3) is 0.750. The van der Waals surface area contributed by atoms with Gasteiger partial charge in [0.05, 0.1) is 0 Å². The first-order valence-corrected chi connectivity index (χ1v) is 4.68. The Morgan fingerprint density at radius 1 is 1.50 bits per heavy atom. The number of hydrogen-bond donors (Lipinski definition) is 1. The minimum Gasteiger partial charge on any atom is -0.274 e. The summed E-state index contributed by atoms with van der Waals surface area (Å²) in [5, 5.41) is 7.23. The van der Waals surface area contributed by atoms with Gasteiger partial charge in [0.15, 0.2) is 0 Å². The molecular weight excluding hydrogens is 142 g/mol. The number of hydrogen-bond acceptors (Lipinski definition) is 2. The van der Waals surface area contributed by atoms with Crippen LogP contribution in [0.5, 0.6) is 0 Å². The molecule has 0 aromatic carbocycles. The molecule has 0 aliphatic rings. The van der Waals surface area contributed by atoms with Crippen molar-refractivity contribution in [2.45, 2.75) is 27.2 Å². The molecular formula is C8H17NS. The summed E-state index contributed by atoms with van der Waals surface area (Å²) in [5.74, 6) is 1.42. The maximum atomic E-state index is 5.26. The van der Waals surface area contributed by atoms with Gasteiger partial charge in [0, 0.05) is 0 Å². The SMILES string of the molecule is CCC(/C=C\SN)C(C)C. The Kier molecular flexibility index (Phi) is 5.84. The van der Waals surface area contributed by atoms with Crippen molar-refractivity contribution in [1.82, 2.24) is 0 Å². The van der Waals surface area contributed by atoms with Crippen LogP contribution in [0.1, 0.15) is 27.2 Å². The van der Waals surface area contributed by atoms with Crippen LogP contribution in [-0.4, -0.2) is 0 Å². The van der Waals surface area contributed by atoms with Crippen LogP contribution >= 0.6 is 11.9 Å². The molecule has 0 radical (unpaired) electrons. The largest absolute Gasteiger partial charge is 0.274 e. The topological polar surface area (TPSA) is 26.0 Å². The maximum Gasteiger partial charge on any atom is -0.0175 e. The average Bonchev–Trinajstić information content (AvgIpc) is 1.89. The fourth-order valence-corrected chi connectivity index (χ4v) is 1.27. The lowest BCUT2D eigenvalue weighted by Crippen LogP contribution is -2.03. The van der Waals surface area contributed by atoms with Crippen LogP contribution in [0.15, 0.2) is 11.5 Å². The summed E-state index contributed by atoms with van der Waals surface area (Å²) in [6.07, 6.45) is 3.39. The summed E-state index contributed by atoms with van der Waals surface area (Å²) < 4.78 is 0. The second-order valence-electron chi connectivity index (χ2n) is 2.78. The van der Waals surface area contributed by atoms with Crippen molar-refractivity contribution < 1.29 is 0 Å². The van der Waals surface area contributed by atoms with E-state index in [-0.39, 0.29) is 0 Å². The highest BCUT2D eigenvalue weighted by Crippen LogP contribution is 2.16. The van der Waals surface area contributed by atoms with Crippen LogP contribution in [0.2, 0.25) is 0 Å². The zero-order chi connectivity index (χ0) is 7.98. The molecule has 1 unspecified atom stereocenters. The first-order valence-electron chi connectivity index (χ1n) is 3.74. The zero-order valence-corrected chi connectivity index (χ0v) is 7.82. The van der Waals surface area contributed by atoms with Gasteiger partial charge in [-0.1, -0.05) is 38.8 Å².